The van der Waals surface area contributed by atoms with Gasteiger partial charge in [0.25, 0.3) is 5.89 Å². The molecule has 0 atom stereocenters. The van der Waals surface area contributed by atoms with E-state index >= 15 is 0 Å². The Labute approximate surface area is 150 Å². The summed E-state index contributed by atoms with van der Waals surface area (Å²) in [4.78, 5) is 17.2. The summed E-state index contributed by atoms with van der Waals surface area (Å²) in [6.07, 6.45) is 0.332. The molecule has 5 nitrogen and oxygen atoms in total. The number of ether oxygens (including phenoxy) is 1. The van der Waals surface area contributed by atoms with E-state index in [-0.39, 0.29) is 12.6 Å². The first-order chi connectivity index (χ1) is 12.2. The summed E-state index contributed by atoms with van der Waals surface area (Å²) in [5.74, 6) is 1.17. The molecule has 0 bridgehead atoms. The first kappa shape index (κ1) is 17.2. The second kappa shape index (κ2) is 8.48. The highest BCUT2D eigenvalue weighted by atomic mass is 32.2. The van der Waals surface area contributed by atoms with Gasteiger partial charge in [-0.25, -0.2) is 0 Å². The van der Waals surface area contributed by atoms with Gasteiger partial charge in [0.15, 0.2) is 6.61 Å². The minimum Gasteiger partial charge on any atom is -0.456 e. The maximum absolute atomic E-state index is 11.8. The van der Waals surface area contributed by atoms with Crippen LogP contribution in [0.1, 0.15) is 17.9 Å². The van der Waals surface area contributed by atoms with Crippen LogP contribution in [0.15, 0.2) is 64.0 Å². The van der Waals surface area contributed by atoms with Crippen molar-refractivity contribution in [3.05, 3.63) is 66.1 Å². The van der Waals surface area contributed by atoms with Crippen molar-refractivity contribution in [1.29, 1.82) is 0 Å². The maximum Gasteiger partial charge on any atom is 0.307 e. The van der Waals surface area contributed by atoms with Crippen molar-refractivity contribution in [2.24, 2.45) is 0 Å². The number of benzene rings is 2. The zero-order chi connectivity index (χ0) is 17.5. The molecule has 0 aliphatic heterocycles. The van der Waals surface area contributed by atoms with Crippen LogP contribution >= 0.6 is 11.8 Å². The number of thioether (sulfide) groups is 1. The number of carbonyl (C=O) groups is 1. The zero-order valence-corrected chi connectivity index (χ0v) is 14.7. The van der Waals surface area contributed by atoms with Gasteiger partial charge in [0.05, 0.1) is 6.42 Å². The molecule has 0 aliphatic carbocycles. The normalized spacial score (nSPS) is 10.6. The first-order valence-corrected chi connectivity index (χ1v) is 8.92. The second-order valence-corrected chi connectivity index (χ2v) is 6.62. The molecule has 6 heteroatoms. The summed E-state index contributed by atoms with van der Waals surface area (Å²) in [5.41, 5.74) is 2.08. The summed E-state index contributed by atoms with van der Waals surface area (Å²) < 4.78 is 10.3. The lowest BCUT2D eigenvalue weighted by molar-refractivity contribution is -0.145. The Morgan fingerprint density at radius 2 is 1.88 bits per heavy atom. The van der Waals surface area contributed by atoms with Crippen molar-refractivity contribution < 1.29 is 14.1 Å². The molecule has 3 rings (SSSR count). The lowest BCUT2D eigenvalue weighted by atomic mass is 10.2. The van der Waals surface area contributed by atoms with Gasteiger partial charge in [-0.15, -0.1) is 11.8 Å². The van der Waals surface area contributed by atoms with E-state index in [1.54, 1.807) is 11.8 Å². The number of carbonyl (C=O) groups excluding carboxylic acids is 1. The molecule has 0 amide bonds. The Balaban J connectivity index is 1.42. The van der Waals surface area contributed by atoms with Gasteiger partial charge in [-0.2, -0.15) is 4.98 Å². The van der Waals surface area contributed by atoms with Crippen LogP contribution < -0.4 is 0 Å². The van der Waals surface area contributed by atoms with Gasteiger partial charge in [-0.1, -0.05) is 53.2 Å². The molecular formula is C19H18N2O3S. The van der Waals surface area contributed by atoms with Crippen molar-refractivity contribution in [1.82, 2.24) is 10.1 Å². The van der Waals surface area contributed by atoms with E-state index in [1.165, 1.54) is 5.56 Å². The standard InChI is InChI=1S/C19H18N2O3S/c1-14-7-9-16(10-8-14)25-12-11-18(22)23-13-17-20-19(21-24-17)15-5-3-2-4-6-15/h2-10H,11-13H2,1H3. The highest BCUT2D eigenvalue weighted by Crippen LogP contribution is 2.19. The minimum atomic E-state index is -0.279. The largest absolute Gasteiger partial charge is 0.456 e. The van der Waals surface area contributed by atoms with Crippen LogP contribution in [0.25, 0.3) is 11.4 Å². The first-order valence-electron chi connectivity index (χ1n) is 7.94. The third-order valence-corrected chi connectivity index (χ3v) is 4.47. The van der Waals surface area contributed by atoms with E-state index in [9.17, 15) is 4.79 Å². The van der Waals surface area contributed by atoms with E-state index in [0.717, 1.165) is 10.5 Å². The van der Waals surface area contributed by atoms with E-state index in [0.29, 0.717) is 23.9 Å². The van der Waals surface area contributed by atoms with E-state index in [2.05, 4.69) is 34.4 Å². The van der Waals surface area contributed by atoms with Gasteiger partial charge in [0.1, 0.15) is 0 Å². The second-order valence-electron chi connectivity index (χ2n) is 5.45. The lowest BCUT2D eigenvalue weighted by Gasteiger charge is -2.03. The topological polar surface area (TPSA) is 65.2 Å². The number of nitrogens with zero attached hydrogens (tertiary/aromatic N) is 2. The molecule has 0 saturated carbocycles. The van der Waals surface area contributed by atoms with Crippen LogP contribution in [0.5, 0.6) is 0 Å². The number of hydrogen-bond donors (Lipinski definition) is 0. The Hall–Kier alpha value is -2.60. The van der Waals surface area contributed by atoms with Gasteiger partial charge in [0.2, 0.25) is 5.82 Å². The molecular weight excluding hydrogens is 336 g/mol. The third kappa shape index (κ3) is 5.19. The maximum atomic E-state index is 11.8. The fourth-order valence-electron chi connectivity index (χ4n) is 2.12. The molecule has 1 aromatic heterocycles. The van der Waals surface area contributed by atoms with E-state index < -0.39 is 0 Å². The molecule has 2 aromatic carbocycles. The Bertz CT molecular complexity index is 816. The van der Waals surface area contributed by atoms with Gasteiger partial charge < -0.3 is 9.26 Å². The van der Waals surface area contributed by atoms with Crippen LogP contribution in [-0.2, 0) is 16.1 Å². The number of aryl methyl sites for hydroxylation is 1. The summed E-state index contributed by atoms with van der Waals surface area (Å²) in [6, 6.07) is 17.7. The summed E-state index contributed by atoms with van der Waals surface area (Å²) in [6.45, 7) is 2.04. The van der Waals surface area contributed by atoms with Gasteiger partial charge in [-0.3, -0.25) is 4.79 Å². The number of rotatable bonds is 7. The van der Waals surface area contributed by atoms with Crippen molar-refractivity contribution in [2.75, 3.05) is 5.75 Å². The average molecular weight is 354 g/mol. The SMILES string of the molecule is Cc1ccc(SCCC(=O)OCc2nc(-c3ccccc3)no2)cc1. The Kier molecular flexibility index (Phi) is 5.85. The van der Waals surface area contributed by atoms with Crippen molar-refractivity contribution in [3.8, 4) is 11.4 Å². The molecule has 25 heavy (non-hydrogen) atoms. The third-order valence-electron chi connectivity index (χ3n) is 3.45. The van der Waals surface area contributed by atoms with Crippen LogP contribution in [0.2, 0.25) is 0 Å². The molecule has 1 heterocycles. The molecule has 0 aliphatic rings. The number of hydrogen-bond acceptors (Lipinski definition) is 6. The Morgan fingerprint density at radius 1 is 1.12 bits per heavy atom. The van der Waals surface area contributed by atoms with Crippen LogP contribution in [0.4, 0.5) is 0 Å². The molecule has 0 fully saturated rings. The molecule has 0 unspecified atom stereocenters. The monoisotopic (exact) mass is 354 g/mol. The molecule has 0 spiro atoms. The van der Waals surface area contributed by atoms with E-state index in [1.807, 2.05) is 37.3 Å². The predicted octanol–water partition coefficient (Wildman–Crippen LogP) is 4.27. The predicted molar refractivity (Wildman–Crippen MR) is 96.1 cm³/mol. The van der Waals surface area contributed by atoms with Gasteiger partial charge in [0, 0.05) is 16.2 Å². The molecule has 0 saturated heterocycles. The molecule has 3 aromatic rings. The number of esters is 1. The van der Waals surface area contributed by atoms with Crippen molar-refractivity contribution in [3.63, 3.8) is 0 Å². The van der Waals surface area contributed by atoms with Crippen LogP contribution in [0.3, 0.4) is 0 Å². The van der Waals surface area contributed by atoms with Crippen molar-refractivity contribution >= 4 is 17.7 Å². The van der Waals surface area contributed by atoms with Gasteiger partial charge >= 0.3 is 5.97 Å². The van der Waals surface area contributed by atoms with Crippen molar-refractivity contribution in [2.45, 2.75) is 24.8 Å². The fourth-order valence-corrected chi connectivity index (χ4v) is 2.95. The molecule has 0 radical (unpaired) electrons. The molecule has 0 N–H and O–H groups in total. The zero-order valence-electron chi connectivity index (χ0n) is 13.8. The van der Waals surface area contributed by atoms with E-state index in [4.69, 9.17) is 9.26 Å². The quantitative estimate of drug-likeness (QED) is 0.466. The lowest BCUT2D eigenvalue weighted by Crippen LogP contribution is -2.05. The minimum absolute atomic E-state index is 0.00609. The highest BCUT2D eigenvalue weighted by Gasteiger charge is 2.11. The highest BCUT2D eigenvalue weighted by molar-refractivity contribution is 7.99. The summed E-state index contributed by atoms with van der Waals surface area (Å²) in [7, 11) is 0. The summed E-state index contributed by atoms with van der Waals surface area (Å²) >= 11 is 1.63. The Morgan fingerprint density at radius 3 is 2.64 bits per heavy atom. The smallest absolute Gasteiger partial charge is 0.307 e. The fraction of sp³-hybridized carbons (Fsp3) is 0.211. The summed E-state index contributed by atoms with van der Waals surface area (Å²) in [5, 5.41) is 3.89. The van der Waals surface area contributed by atoms with Gasteiger partial charge in [-0.05, 0) is 19.1 Å². The number of aromatic nitrogens is 2. The van der Waals surface area contributed by atoms with Crippen LogP contribution in [0, 0.1) is 6.92 Å². The molecule has 128 valence electrons. The average Bonchev–Trinajstić information content (AvgIpc) is 3.11. The van der Waals surface area contributed by atoms with Crippen LogP contribution in [-0.4, -0.2) is 21.9 Å².